The van der Waals surface area contributed by atoms with Gasteiger partial charge in [0.2, 0.25) is 0 Å². The highest BCUT2D eigenvalue weighted by Gasteiger charge is 2.39. The molecule has 19 heavy (non-hydrogen) atoms. The first-order valence-corrected chi connectivity index (χ1v) is 6.53. The number of amides is 2. The van der Waals surface area contributed by atoms with Crippen molar-refractivity contribution in [2.45, 2.75) is 32.4 Å². The van der Waals surface area contributed by atoms with Crippen molar-refractivity contribution in [2.75, 3.05) is 26.2 Å². The quantitative estimate of drug-likeness (QED) is 0.628. The molecular formula is C12H23N3O4. The smallest absolute Gasteiger partial charge is 0.320 e. The monoisotopic (exact) mass is 273 g/mol. The zero-order valence-corrected chi connectivity index (χ0v) is 11.5. The molecule has 7 heteroatoms. The Kier molecular flexibility index (Phi) is 5.56. The fraction of sp³-hybridized carbons (Fsp3) is 0.833. The number of aliphatic hydroxyl groups excluding tert-OH is 1. The number of carbonyl (C=O) groups excluding carboxylic acids is 1. The first kappa shape index (κ1) is 15.7. The van der Waals surface area contributed by atoms with Crippen LogP contribution >= 0.6 is 0 Å². The fourth-order valence-corrected chi connectivity index (χ4v) is 2.24. The molecule has 1 heterocycles. The van der Waals surface area contributed by atoms with Gasteiger partial charge in [0, 0.05) is 38.3 Å². The van der Waals surface area contributed by atoms with Crippen LogP contribution in [0.25, 0.3) is 0 Å². The minimum Gasteiger partial charge on any atom is -0.481 e. The van der Waals surface area contributed by atoms with Gasteiger partial charge in [0.1, 0.15) is 0 Å². The summed E-state index contributed by atoms with van der Waals surface area (Å²) < 4.78 is 0. The summed E-state index contributed by atoms with van der Waals surface area (Å²) in [6.45, 7) is 4.67. The minimum atomic E-state index is -0.964. The molecule has 7 nitrogen and oxygen atoms in total. The van der Waals surface area contributed by atoms with E-state index in [4.69, 9.17) is 15.9 Å². The Morgan fingerprint density at radius 3 is 2.47 bits per heavy atom. The van der Waals surface area contributed by atoms with Gasteiger partial charge >= 0.3 is 12.0 Å². The van der Waals surface area contributed by atoms with Crippen molar-refractivity contribution in [3.05, 3.63) is 0 Å². The van der Waals surface area contributed by atoms with E-state index in [1.807, 2.05) is 13.8 Å². The van der Waals surface area contributed by atoms with Crippen LogP contribution in [0, 0.1) is 5.92 Å². The van der Waals surface area contributed by atoms with Crippen LogP contribution < -0.4 is 5.73 Å². The lowest BCUT2D eigenvalue weighted by Gasteiger charge is -2.31. The summed E-state index contributed by atoms with van der Waals surface area (Å²) in [7, 11) is 0. The number of hydrogen-bond acceptors (Lipinski definition) is 4. The molecule has 2 atom stereocenters. The SMILES string of the molecule is CC(C)N(CCCO)C(=O)N1C[C@H](N)[C@H](C(=O)O)C1. The Labute approximate surface area is 113 Å². The highest BCUT2D eigenvalue weighted by atomic mass is 16.4. The van der Waals surface area contributed by atoms with Crippen LogP contribution in [-0.4, -0.2) is 70.3 Å². The number of rotatable bonds is 5. The Bertz CT molecular complexity index is 335. The van der Waals surface area contributed by atoms with E-state index in [-0.39, 0.29) is 31.8 Å². The molecule has 0 radical (unpaired) electrons. The molecule has 0 aromatic rings. The largest absolute Gasteiger partial charge is 0.481 e. The highest BCUT2D eigenvalue weighted by molar-refractivity contribution is 5.78. The Balaban J connectivity index is 2.68. The summed E-state index contributed by atoms with van der Waals surface area (Å²) in [6, 6.07) is -0.727. The van der Waals surface area contributed by atoms with E-state index in [9.17, 15) is 9.59 Å². The Morgan fingerprint density at radius 2 is 2.05 bits per heavy atom. The van der Waals surface area contributed by atoms with Gasteiger partial charge in [-0.2, -0.15) is 0 Å². The number of nitrogens with two attached hydrogens (primary N) is 1. The van der Waals surface area contributed by atoms with Crippen molar-refractivity contribution in [3.8, 4) is 0 Å². The number of carbonyl (C=O) groups is 2. The van der Waals surface area contributed by atoms with Crippen molar-refractivity contribution in [2.24, 2.45) is 11.7 Å². The van der Waals surface area contributed by atoms with E-state index in [1.165, 1.54) is 4.90 Å². The number of carboxylic acid groups (broad SMARTS) is 1. The summed E-state index contributed by atoms with van der Waals surface area (Å²) in [4.78, 5) is 26.4. The lowest BCUT2D eigenvalue weighted by atomic mass is 10.1. The highest BCUT2D eigenvalue weighted by Crippen LogP contribution is 2.18. The zero-order chi connectivity index (χ0) is 14.6. The average molecular weight is 273 g/mol. The van der Waals surface area contributed by atoms with Gasteiger partial charge in [0.15, 0.2) is 0 Å². The maximum Gasteiger partial charge on any atom is 0.320 e. The molecule has 0 aliphatic carbocycles. The average Bonchev–Trinajstić information content (AvgIpc) is 2.71. The third kappa shape index (κ3) is 3.81. The van der Waals surface area contributed by atoms with Gasteiger partial charge in [-0.05, 0) is 20.3 Å². The van der Waals surface area contributed by atoms with E-state index < -0.39 is 17.9 Å². The van der Waals surface area contributed by atoms with E-state index in [0.29, 0.717) is 13.0 Å². The molecule has 4 N–H and O–H groups in total. The molecular weight excluding hydrogens is 250 g/mol. The van der Waals surface area contributed by atoms with Gasteiger partial charge in [0.25, 0.3) is 0 Å². The number of urea groups is 1. The lowest BCUT2D eigenvalue weighted by Crippen LogP contribution is -2.46. The first-order chi connectivity index (χ1) is 8.88. The molecule has 1 rings (SSSR count). The number of carboxylic acids is 1. The third-order valence-corrected chi connectivity index (χ3v) is 3.38. The van der Waals surface area contributed by atoms with Gasteiger partial charge in [-0.1, -0.05) is 0 Å². The van der Waals surface area contributed by atoms with Gasteiger partial charge < -0.3 is 25.7 Å². The number of likely N-dealkylation sites (tertiary alicyclic amines) is 1. The Morgan fingerprint density at radius 1 is 1.42 bits per heavy atom. The topological polar surface area (TPSA) is 107 Å². The molecule has 0 unspecified atom stereocenters. The molecule has 2 amide bonds. The van der Waals surface area contributed by atoms with Crippen LogP contribution in [0.4, 0.5) is 4.79 Å². The molecule has 0 spiro atoms. The first-order valence-electron chi connectivity index (χ1n) is 6.53. The predicted octanol–water partition coefficient (Wildman–Crippen LogP) is -0.457. The second-order valence-electron chi connectivity index (χ2n) is 5.16. The second-order valence-corrected chi connectivity index (χ2v) is 5.16. The summed E-state index contributed by atoms with van der Waals surface area (Å²) in [6.07, 6.45) is 0.506. The molecule has 1 fully saturated rings. The van der Waals surface area contributed by atoms with E-state index in [1.54, 1.807) is 4.90 Å². The zero-order valence-electron chi connectivity index (χ0n) is 11.5. The predicted molar refractivity (Wildman–Crippen MR) is 69.6 cm³/mol. The van der Waals surface area contributed by atoms with E-state index in [2.05, 4.69) is 0 Å². The van der Waals surface area contributed by atoms with Gasteiger partial charge in [0.05, 0.1) is 5.92 Å². The van der Waals surface area contributed by atoms with Gasteiger partial charge in [-0.25, -0.2) is 4.79 Å². The standard InChI is InChI=1S/C12H23N3O4/c1-8(2)15(4-3-5-16)12(19)14-6-9(11(17)18)10(13)7-14/h8-10,16H,3-7,13H2,1-2H3,(H,17,18)/t9-,10+/m1/s1. The molecule has 1 aliphatic heterocycles. The van der Waals surface area contributed by atoms with Crippen LogP contribution in [0.2, 0.25) is 0 Å². The summed E-state index contributed by atoms with van der Waals surface area (Å²) >= 11 is 0. The summed E-state index contributed by atoms with van der Waals surface area (Å²) in [5.41, 5.74) is 5.75. The molecule has 0 aromatic carbocycles. The maximum atomic E-state index is 12.3. The lowest BCUT2D eigenvalue weighted by molar-refractivity contribution is -0.141. The Hall–Kier alpha value is -1.34. The van der Waals surface area contributed by atoms with Crippen molar-refractivity contribution in [1.82, 2.24) is 9.80 Å². The maximum absolute atomic E-state index is 12.3. The molecule has 0 saturated carbocycles. The van der Waals surface area contributed by atoms with Crippen LogP contribution in [-0.2, 0) is 4.79 Å². The summed E-state index contributed by atoms with van der Waals surface area (Å²) in [5.74, 6) is -1.66. The van der Waals surface area contributed by atoms with E-state index >= 15 is 0 Å². The molecule has 0 bridgehead atoms. The van der Waals surface area contributed by atoms with Crippen molar-refractivity contribution in [1.29, 1.82) is 0 Å². The number of aliphatic carboxylic acids is 1. The third-order valence-electron chi connectivity index (χ3n) is 3.38. The van der Waals surface area contributed by atoms with Crippen molar-refractivity contribution < 1.29 is 19.8 Å². The molecule has 0 aromatic heterocycles. The van der Waals surface area contributed by atoms with Crippen LogP contribution in [0.3, 0.4) is 0 Å². The minimum absolute atomic E-state index is 0.000785. The normalized spacial score (nSPS) is 22.9. The van der Waals surface area contributed by atoms with Crippen LogP contribution in [0.5, 0.6) is 0 Å². The van der Waals surface area contributed by atoms with Gasteiger partial charge in [-0.15, -0.1) is 0 Å². The van der Waals surface area contributed by atoms with Crippen LogP contribution in [0.15, 0.2) is 0 Å². The molecule has 1 saturated heterocycles. The number of aliphatic hydroxyl groups is 1. The molecule has 1 aliphatic rings. The fourth-order valence-electron chi connectivity index (χ4n) is 2.24. The van der Waals surface area contributed by atoms with Crippen LogP contribution in [0.1, 0.15) is 20.3 Å². The molecule has 110 valence electrons. The van der Waals surface area contributed by atoms with E-state index in [0.717, 1.165) is 0 Å². The summed E-state index contributed by atoms with van der Waals surface area (Å²) in [5, 5.41) is 17.9. The van der Waals surface area contributed by atoms with Gasteiger partial charge in [-0.3, -0.25) is 4.79 Å². The van der Waals surface area contributed by atoms with Crippen molar-refractivity contribution >= 4 is 12.0 Å². The number of nitrogens with zero attached hydrogens (tertiary/aromatic N) is 2. The number of hydrogen-bond donors (Lipinski definition) is 3. The second kappa shape index (κ2) is 6.72. The van der Waals surface area contributed by atoms with Crippen molar-refractivity contribution in [3.63, 3.8) is 0 Å².